The second-order valence-corrected chi connectivity index (χ2v) is 12.1. The fourth-order valence-corrected chi connectivity index (χ4v) is 6.44. The van der Waals surface area contributed by atoms with E-state index in [4.69, 9.17) is 19.9 Å². The van der Waals surface area contributed by atoms with Gasteiger partial charge >= 0.3 is 0 Å². The molecule has 5 aromatic carbocycles. The molecule has 9 rings (SSSR count). The van der Waals surface area contributed by atoms with Crippen molar-refractivity contribution in [3.8, 4) is 67.7 Å². The van der Waals surface area contributed by atoms with Crippen LogP contribution in [-0.2, 0) is 0 Å². The summed E-state index contributed by atoms with van der Waals surface area (Å²) in [6, 6.07) is 58.0. The number of hydrogen-bond acceptors (Lipinski definition) is 5. The van der Waals surface area contributed by atoms with Crippen LogP contribution in [0.2, 0.25) is 0 Å². The molecule has 5 heteroatoms. The van der Waals surface area contributed by atoms with Crippen molar-refractivity contribution >= 4 is 21.8 Å². The lowest BCUT2D eigenvalue weighted by Crippen LogP contribution is -1.97. The predicted molar refractivity (Wildman–Crippen MR) is 203 cm³/mol. The van der Waals surface area contributed by atoms with E-state index < -0.39 is 0 Å². The Bertz CT molecular complexity index is 2570. The van der Waals surface area contributed by atoms with Crippen LogP contribution >= 0.6 is 0 Å². The van der Waals surface area contributed by atoms with Crippen molar-refractivity contribution in [1.82, 2.24) is 24.9 Å². The molecule has 0 amide bonds. The Labute approximate surface area is 289 Å². The van der Waals surface area contributed by atoms with Crippen LogP contribution in [0.15, 0.2) is 176 Å². The highest BCUT2D eigenvalue weighted by Crippen LogP contribution is 2.37. The molecule has 0 fully saturated rings. The first-order chi connectivity index (χ1) is 24.8. The quantitative estimate of drug-likeness (QED) is 0.169. The number of aromatic nitrogens is 5. The van der Waals surface area contributed by atoms with Gasteiger partial charge in [-0.05, 0) is 47.5 Å². The summed E-state index contributed by atoms with van der Waals surface area (Å²) < 4.78 is 0. The van der Waals surface area contributed by atoms with Gasteiger partial charge in [-0.2, -0.15) is 0 Å². The maximum absolute atomic E-state index is 5.28. The van der Waals surface area contributed by atoms with Crippen LogP contribution in [-0.4, -0.2) is 24.9 Å². The molecule has 50 heavy (non-hydrogen) atoms. The van der Waals surface area contributed by atoms with Crippen molar-refractivity contribution in [2.75, 3.05) is 0 Å². The second kappa shape index (κ2) is 12.6. The minimum atomic E-state index is 0.583. The Kier molecular flexibility index (Phi) is 7.41. The highest BCUT2D eigenvalue weighted by molar-refractivity contribution is 6.09. The number of nitrogens with zero attached hydrogens (tertiary/aromatic N) is 5. The number of hydrogen-bond donors (Lipinski definition) is 0. The Morgan fingerprint density at radius 3 is 1.56 bits per heavy atom. The number of pyridine rings is 3. The van der Waals surface area contributed by atoms with Gasteiger partial charge in [-0.1, -0.05) is 133 Å². The lowest BCUT2D eigenvalue weighted by Gasteiger charge is -2.14. The van der Waals surface area contributed by atoms with Crippen molar-refractivity contribution in [3.05, 3.63) is 176 Å². The highest BCUT2D eigenvalue weighted by atomic mass is 14.9. The minimum absolute atomic E-state index is 0.583. The average molecular weight is 640 g/mol. The smallest absolute Gasteiger partial charge is 0.179 e. The molecule has 9 aromatic rings. The standard InChI is InChI=1S/C45H29N5/c1-4-13-30(14-5-1)38-25-23-33-22-24-36-37(28-40(31-15-6-2-7-16-31)48-44(36)43(33)47-38)34-19-12-20-35(27-34)42-29-41(32-17-8-3-9-18-32)49-45(50-42)39-21-10-11-26-46-39/h1-29H. The summed E-state index contributed by atoms with van der Waals surface area (Å²) in [6.07, 6.45) is 1.77. The molecule has 0 radical (unpaired) electrons. The Hall–Kier alpha value is -6.85. The van der Waals surface area contributed by atoms with E-state index in [9.17, 15) is 0 Å². The van der Waals surface area contributed by atoms with E-state index in [-0.39, 0.29) is 0 Å². The maximum atomic E-state index is 5.28. The molecule has 4 aromatic heterocycles. The van der Waals surface area contributed by atoms with Crippen molar-refractivity contribution in [2.24, 2.45) is 0 Å². The van der Waals surface area contributed by atoms with Crippen LogP contribution in [0.4, 0.5) is 0 Å². The summed E-state index contributed by atoms with van der Waals surface area (Å²) in [6.45, 7) is 0. The van der Waals surface area contributed by atoms with Crippen LogP contribution in [0.1, 0.15) is 0 Å². The van der Waals surface area contributed by atoms with E-state index in [1.165, 1.54) is 0 Å². The van der Waals surface area contributed by atoms with Crippen LogP contribution in [0, 0.1) is 0 Å². The van der Waals surface area contributed by atoms with Crippen LogP contribution in [0.3, 0.4) is 0 Å². The first-order valence-corrected chi connectivity index (χ1v) is 16.6. The van der Waals surface area contributed by atoms with Gasteiger partial charge in [0.25, 0.3) is 0 Å². The van der Waals surface area contributed by atoms with E-state index in [2.05, 4.69) is 114 Å². The highest BCUT2D eigenvalue weighted by Gasteiger charge is 2.16. The molecule has 0 aliphatic rings. The minimum Gasteiger partial charge on any atom is -0.253 e. The van der Waals surface area contributed by atoms with Crippen molar-refractivity contribution in [2.45, 2.75) is 0 Å². The third-order valence-corrected chi connectivity index (χ3v) is 8.94. The van der Waals surface area contributed by atoms with E-state index in [1.54, 1.807) is 6.20 Å². The molecule has 0 N–H and O–H groups in total. The van der Waals surface area contributed by atoms with Gasteiger partial charge < -0.3 is 0 Å². The zero-order chi connectivity index (χ0) is 33.3. The normalized spacial score (nSPS) is 11.2. The summed E-state index contributed by atoms with van der Waals surface area (Å²) >= 11 is 0. The van der Waals surface area contributed by atoms with E-state index in [1.807, 2.05) is 60.7 Å². The first kappa shape index (κ1) is 29.3. The third kappa shape index (κ3) is 5.57. The predicted octanol–water partition coefficient (Wildman–Crippen LogP) is 11.0. The van der Waals surface area contributed by atoms with Crippen molar-refractivity contribution < 1.29 is 0 Å². The molecule has 0 aliphatic heterocycles. The SMILES string of the molecule is c1ccc(-c2cc(-c3cccc(-c4cc(-c5ccccc5)nc5c4ccc4ccc(-c6ccccc6)nc45)c3)nc(-c3ccccn3)n2)cc1. The number of benzene rings is 5. The zero-order valence-electron chi connectivity index (χ0n) is 27.0. The van der Waals surface area contributed by atoms with Gasteiger partial charge in [0.05, 0.1) is 33.8 Å². The largest absolute Gasteiger partial charge is 0.253 e. The molecule has 4 heterocycles. The fourth-order valence-electron chi connectivity index (χ4n) is 6.44. The van der Waals surface area contributed by atoms with E-state index in [0.29, 0.717) is 5.82 Å². The third-order valence-electron chi connectivity index (χ3n) is 8.94. The van der Waals surface area contributed by atoms with Gasteiger partial charge in [0.15, 0.2) is 5.82 Å². The molecule has 0 saturated carbocycles. The summed E-state index contributed by atoms with van der Waals surface area (Å²) in [5, 5.41) is 2.08. The van der Waals surface area contributed by atoms with Crippen molar-refractivity contribution in [1.29, 1.82) is 0 Å². The Morgan fingerprint density at radius 2 is 0.880 bits per heavy atom. The molecule has 234 valence electrons. The maximum Gasteiger partial charge on any atom is 0.179 e. The Balaban J connectivity index is 1.25. The first-order valence-electron chi connectivity index (χ1n) is 16.6. The second-order valence-electron chi connectivity index (χ2n) is 12.1. The van der Waals surface area contributed by atoms with Crippen LogP contribution < -0.4 is 0 Å². The summed E-state index contributed by atoms with van der Waals surface area (Å²) in [7, 11) is 0. The monoisotopic (exact) mass is 639 g/mol. The van der Waals surface area contributed by atoms with E-state index in [0.717, 1.165) is 83.7 Å². The molecule has 0 spiro atoms. The summed E-state index contributed by atoms with van der Waals surface area (Å²) in [5.74, 6) is 0.583. The van der Waals surface area contributed by atoms with Gasteiger partial charge in [0, 0.05) is 39.2 Å². The van der Waals surface area contributed by atoms with Gasteiger partial charge in [0.1, 0.15) is 5.69 Å². The molecule has 0 atom stereocenters. The van der Waals surface area contributed by atoms with Crippen LogP contribution in [0.25, 0.3) is 89.5 Å². The number of fused-ring (bicyclic) bond motifs is 3. The molecule has 0 aliphatic carbocycles. The Morgan fingerprint density at radius 1 is 0.320 bits per heavy atom. The lowest BCUT2D eigenvalue weighted by molar-refractivity contribution is 1.15. The summed E-state index contributed by atoms with van der Waals surface area (Å²) in [4.78, 5) is 25.0. The molecule has 0 unspecified atom stereocenters. The lowest BCUT2D eigenvalue weighted by atomic mass is 9.95. The molecule has 5 nitrogen and oxygen atoms in total. The van der Waals surface area contributed by atoms with Gasteiger partial charge in [0.2, 0.25) is 0 Å². The van der Waals surface area contributed by atoms with Gasteiger partial charge in [-0.15, -0.1) is 0 Å². The summed E-state index contributed by atoms with van der Waals surface area (Å²) in [5.41, 5.74) is 12.2. The van der Waals surface area contributed by atoms with Gasteiger partial charge in [-0.25, -0.2) is 19.9 Å². The zero-order valence-corrected chi connectivity index (χ0v) is 27.0. The number of rotatable bonds is 6. The fraction of sp³-hybridized carbons (Fsp3) is 0. The van der Waals surface area contributed by atoms with Crippen molar-refractivity contribution in [3.63, 3.8) is 0 Å². The topological polar surface area (TPSA) is 64.5 Å². The molecule has 0 saturated heterocycles. The molecular formula is C45H29N5. The molecule has 0 bridgehead atoms. The van der Waals surface area contributed by atoms with E-state index >= 15 is 0 Å². The van der Waals surface area contributed by atoms with Crippen LogP contribution in [0.5, 0.6) is 0 Å². The van der Waals surface area contributed by atoms with Gasteiger partial charge in [-0.3, -0.25) is 4.98 Å². The molecular weight excluding hydrogens is 611 g/mol. The average Bonchev–Trinajstić information content (AvgIpc) is 3.21.